The number of amidine groups is 1. The van der Waals surface area contributed by atoms with E-state index in [0.717, 1.165) is 24.3 Å². The van der Waals surface area contributed by atoms with Gasteiger partial charge in [-0.2, -0.15) is 11.8 Å². The van der Waals surface area contributed by atoms with Crippen molar-refractivity contribution in [3.63, 3.8) is 0 Å². The predicted molar refractivity (Wildman–Crippen MR) is 57.9 cm³/mol. The van der Waals surface area contributed by atoms with Gasteiger partial charge in [0, 0.05) is 12.3 Å². The highest BCUT2D eigenvalue weighted by Gasteiger charge is 2.49. The summed E-state index contributed by atoms with van der Waals surface area (Å²) in [5.41, 5.74) is -0.311. The van der Waals surface area contributed by atoms with Crippen LogP contribution >= 0.6 is 11.8 Å². The number of nitrogens with one attached hydrogen (secondary N) is 2. The molecule has 2 saturated heterocycles. The van der Waals surface area contributed by atoms with Gasteiger partial charge in [0.05, 0.1) is 0 Å². The number of likely N-dealkylation sites (N-methyl/N-ethyl adjacent to an activating group) is 1. The number of nitrogens with zero attached hydrogens (tertiary/aromatic N) is 1. The molecule has 2 aliphatic rings. The van der Waals surface area contributed by atoms with Gasteiger partial charge >= 0.3 is 6.03 Å². The molecule has 78 valence electrons. The molecule has 0 aromatic heterocycles. The first kappa shape index (κ1) is 9.83. The molecule has 1 unspecified atom stereocenters. The van der Waals surface area contributed by atoms with E-state index in [-0.39, 0.29) is 11.6 Å². The second kappa shape index (κ2) is 3.46. The molecule has 2 fully saturated rings. The highest BCUT2D eigenvalue weighted by Crippen LogP contribution is 2.35. The van der Waals surface area contributed by atoms with Crippen molar-refractivity contribution in [2.75, 3.05) is 18.1 Å². The smallest absolute Gasteiger partial charge is 0.311 e. The van der Waals surface area contributed by atoms with Crippen molar-refractivity contribution >= 4 is 23.6 Å². The summed E-state index contributed by atoms with van der Waals surface area (Å²) in [6.45, 7) is 2.66. The van der Waals surface area contributed by atoms with Crippen molar-refractivity contribution in [1.82, 2.24) is 10.2 Å². The third kappa shape index (κ3) is 1.22. The minimum absolute atomic E-state index is 0.0972. The first-order valence-electron chi connectivity index (χ1n) is 4.96. The summed E-state index contributed by atoms with van der Waals surface area (Å²) in [5.74, 6) is 2.43. The molecule has 1 spiro atoms. The first-order valence-corrected chi connectivity index (χ1v) is 6.11. The van der Waals surface area contributed by atoms with Gasteiger partial charge in [-0.25, -0.2) is 4.79 Å². The topological polar surface area (TPSA) is 56.2 Å². The van der Waals surface area contributed by atoms with Gasteiger partial charge in [0.25, 0.3) is 0 Å². The van der Waals surface area contributed by atoms with Crippen LogP contribution in [0.4, 0.5) is 4.79 Å². The van der Waals surface area contributed by atoms with E-state index >= 15 is 0 Å². The van der Waals surface area contributed by atoms with E-state index in [9.17, 15) is 4.79 Å². The lowest BCUT2D eigenvalue weighted by Gasteiger charge is -2.38. The van der Waals surface area contributed by atoms with Gasteiger partial charge in [-0.1, -0.05) is 0 Å². The van der Waals surface area contributed by atoms with Crippen LogP contribution in [0.25, 0.3) is 0 Å². The summed E-state index contributed by atoms with van der Waals surface area (Å²) < 4.78 is 0. The molecule has 14 heavy (non-hydrogen) atoms. The molecule has 5 heteroatoms. The molecular weight excluding hydrogens is 198 g/mol. The Balaban J connectivity index is 2.29. The van der Waals surface area contributed by atoms with Gasteiger partial charge in [0.1, 0.15) is 11.4 Å². The van der Waals surface area contributed by atoms with Crippen molar-refractivity contribution in [3.05, 3.63) is 0 Å². The predicted octanol–water partition coefficient (Wildman–Crippen LogP) is 1.27. The molecule has 0 bridgehead atoms. The van der Waals surface area contributed by atoms with Crippen LogP contribution in [0, 0.1) is 5.41 Å². The number of thioether (sulfide) groups is 1. The van der Waals surface area contributed by atoms with E-state index in [1.165, 1.54) is 0 Å². The van der Waals surface area contributed by atoms with E-state index in [2.05, 4.69) is 5.32 Å². The van der Waals surface area contributed by atoms with Gasteiger partial charge in [-0.15, -0.1) is 0 Å². The van der Waals surface area contributed by atoms with Crippen molar-refractivity contribution < 1.29 is 4.79 Å². The summed E-state index contributed by atoms with van der Waals surface area (Å²) in [7, 11) is 0. The lowest BCUT2D eigenvalue weighted by Crippen LogP contribution is -2.53. The molecule has 2 N–H and O–H groups in total. The second-order valence-electron chi connectivity index (χ2n) is 3.74. The number of carbonyl (C=O) groups excluding carboxylic acids is 1. The van der Waals surface area contributed by atoms with Crippen molar-refractivity contribution in [1.29, 1.82) is 5.41 Å². The molecule has 2 heterocycles. The average Bonchev–Trinajstić information content (AvgIpc) is 2.40. The highest BCUT2D eigenvalue weighted by atomic mass is 32.2. The van der Waals surface area contributed by atoms with Crippen LogP contribution in [-0.4, -0.2) is 40.4 Å². The lowest BCUT2D eigenvalue weighted by atomic mass is 9.93. The van der Waals surface area contributed by atoms with E-state index in [1.807, 2.05) is 23.6 Å². The molecule has 0 aromatic carbocycles. The molecule has 1 atom stereocenters. The minimum atomic E-state index is -0.311. The summed E-state index contributed by atoms with van der Waals surface area (Å²) in [5, 5.41) is 10.5. The third-order valence-electron chi connectivity index (χ3n) is 3.00. The zero-order chi connectivity index (χ0) is 10.2. The SMILES string of the molecule is CCN1C(=O)NC(=N)C12CCCSC2. The Morgan fingerprint density at radius 2 is 2.50 bits per heavy atom. The van der Waals surface area contributed by atoms with Crippen molar-refractivity contribution in [3.8, 4) is 0 Å². The fraction of sp³-hybridized carbons (Fsp3) is 0.778. The largest absolute Gasteiger partial charge is 0.323 e. The normalized spacial score (nSPS) is 32.5. The summed E-state index contributed by atoms with van der Waals surface area (Å²) in [6.07, 6.45) is 2.03. The molecule has 0 saturated carbocycles. The number of hydrogen-bond donors (Lipinski definition) is 2. The molecule has 2 aliphatic heterocycles. The van der Waals surface area contributed by atoms with Crippen LogP contribution in [0.2, 0.25) is 0 Å². The third-order valence-corrected chi connectivity index (χ3v) is 4.25. The number of rotatable bonds is 1. The van der Waals surface area contributed by atoms with Crippen LogP contribution in [0.1, 0.15) is 19.8 Å². The molecule has 2 amide bonds. The molecular formula is C9H15N3OS. The lowest BCUT2D eigenvalue weighted by molar-refractivity contribution is 0.180. The Morgan fingerprint density at radius 1 is 1.71 bits per heavy atom. The molecule has 0 aromatic rings. The maximum atomic E-state index is 11.6. The van der Waals surface area contributed by atoms with E-state index < -0.39 is 0 Å². The van der Waals surface area contributed by atoms with Gasteiger partial charge in [0.15, 0.2) is 0 Å². The van der Waals surface area contributed by atoms with Crippen LogP contribution in [0.5, 0.6) is 0 Å². The first-order chi connectivity index (χ1) is 6.70. The average molecular weight is 213 g/mol. The summed E-state index contributed by atoms with van der Waals surface area (Å²) in [4.78, 5) is 13.4. The zero-order valence-electron chi connectivity index (χ0n) is 8.30. The Hall–Kier alpha value is -0.710. The van der Waals surface area contributed by atoms with Gasteiger partial charge in [-0.3, -0.25) is 10.7 Å². The number of urea groups is 1. The molecule has 0 aliphatic carbocycles. The Morgan fingerprint density at radius 3 is 3.07 bits per heavy atom. The van der Waals surface area contributed by atoms with E-state index in [0.29, 0.717) is 12.4 Å². The molecule has 0 radical (unpaired) electrons. The quantitative estimate of drug-likeness (QED) is 0.689. The maximum Gasteiger partial charge on any atom is 0.323 e. The van der Waals surface area contributed by atoms with Crippen LogP contribution in [0.15, 0.2) is 0 Å². The van der Waals surface area contributed by atoms with Gasteiger partial charge in [0.2, 0.25) is 0 Å². The number of amides is 2. The summed E-state index contributed by atoms with van der Waals surface area (Å²) >= 11 is 1.84. The van der Waals surface area contributed by atoms with E-state index in [1.54, 1.807) is 0 Å². The number of carbonyl (C=O) groups is 1. The Labute approximate surface area is 87.9 Å². The second-order valence-corrected chi connectivity index (χ2v) is 4.84. The fourth-order valence-corrected chi connectivity index (χ4v) is 3.53. The van der Waals surface area contributed by atoms with Crippen LogP contribution < -0.4 is 5.32 Å². The van der Waals surface area contributed by atoms with Crippen LogP contribution in [0.3, 0.4) is 0 Å². The fourth-order valence-electron chi connectivity index (χ4n) is 2.26. The maximum absolute atomic E-state index is 11.6. The van der Waals surface area contributed by atoms with Crippen molar-refractivity contribution in [2.45, 2.75) is 25.3 Å². The number of hydrogen-bond acceptors (Lipinski definition) is 3. The van der Waals surface area contributed by atoms with Gasteiger partial charge in [-0.05, 0) is 25.5 Å². The molecule has 2 rings (SSSR count). The summed E-state index contributed by atoms with van der Waals surface area (Å²) in [6, 6.07) is -0.0972. The Kier molecular flexibility index (Phi) is 2.43. The molecule has 4 nitrogen and oxygen atoms in total. The monoisotopic (exact) mass is 213 g/mol. The zero-order valence-corrected chi connectivity index (χ0v) is 9.12. The highest BCUT2D eigenvalue weighted by molar-refractivity contribution is 7.99. The standard InChI is InChI=1S/C9H15N3OS/c1-2-12-8(13)11-7(10)9(12)4-3-5-14-6-9/h2-6H2,1H3,(H2,10,11,13). The Bertz CT molecular complexity index is 273. The van der Waals surface area contributed by atoms with E-state index in [4.69, 9.17) is 5.41 Å². The van der Waals surface area contributed by atoms with Crippen molar-refractivity contribution in [2.24, 2.45) is 0 Å². The minimum Gasteiger partial charge on any atom is -0.311 e. The van der Waals surface area contributed by atoms with Crippen LogP contribution in [-0.2, 0) is 0 Å². The van der Waals surface area contributed by atoms with Gasteiger partial charge < -0.3 is 4.90 Å².